The van der Waals surface area contributed by atoms with Crippen molar-refractivity contribution in [3.05, 3.63) is 67.0 Å². The van der Waals surface area contributed by atoms with Crippen LogP contribution in [0.1, 0.15) is 6.92 Å². The van der Waals surface area contributed by atoms with E-state index in [4.69, 9.17) is 5.11 Å². The Balaban J connectivity index is 1.60. The molecule has 0 saturated carbocycles. The highest BCUT2D eigenvalue weighted by molar-refractivity contribution is 5.90. The van der Waals surface area contributed by atoms with Crippen molar-refractivity contribution < 1.29 is 14.7 Å². The quantitative estimate of drug-likeness (QED) is 0.561. The molecule has 0 spiro atoms. The van der Waals surface area contributed by atoms with Gasteiger partial charge in [0.1, 0.15) is 12.6 Å². The lowest BCUT2D eigenvalue weighted by Gasteiger charge is -2.11. The summed E-state index contributed by atoms with van der Waals surface area (Å²) in [6.07, 6.45) is 3.69. The van der Waals surface area contributed by atoms with Gasteiger partial charge in [0, 0.05) is 34.2 Å². The third kappa shape index (κ3) is 3.44. The average Bonchev–Trinajstić information content (AvgIpc) is 3.09. The Morgan fingerprint density at radius 1 is 1.07 bits per heavy atom. The zero-order chi connectivity index (χ0) is 19.7. The van der Waals surface area contributed by atoms with Crippen molar-refractivity contribution in [1.29, 1.82) is 0 Å². The predicted octanol–water partition coefficient (Wildman–Crippen LogP) is 3.45. The summed E-state index contributed by atoms with van der Waals surface area (Å²) in [5.74, 6) is -1.39. The van der Waals surface area contributed by atoms with E-state index in [9.17, 15) is 9.59 Å². The van der Waals surface area contributed by atoms with Crippen molar-refractivity contribution in [3.8, 4) is 11.1 Å². The van der Waals surface area contributed by atoms with Gasteiger partial charge in [-0.3, -0.25) is 14.6 Å². The number of fused-ring (bicyclic) bond motifs is 2. The molecule has 0 saturated heterocycles. The summed E-state index contributed by atoms with van der Waals surface area (Å²) in [7, 11) is 0. The maximum Gasteiger partial charge on any atom is 0.325 e. The minimum Gasteiger partial charge on any atom is -0.480 e. The van der Waals surface area contributed by atoms with Crippen LogP contribution in [0.4, 0.5) is 0 Å². The monoisotopic (exact) mass is 373 g/mol. The van der Waals surface area contributed by atoms with E-state index in [2.05, 4.69) is 22.4 Å². The number of para-hydroxylation sites is 1. The van der Waals surface area contributed by atoms with Gasteiger partial charge < -0.3 is 15.0 Å². The standard InChI is InChI=1S/C22H19N3O3/c1-14(22(27)28)24-21(26)13-25-9-8-17-10-15(6-7-20(17)25)18-11-16-4-2-3-5-19(16)23-12-18/h2-12,14H,13H2,1H3,(H,24,26)(H,27,28)/t14-/m0/s1. The summed E-state index contributed by atoms with van der Waals surface area (Å²) < 4.78 is 1.81. The van der Waals surface area contributed by atoms with Gasteiger partial charge in [-0.1, -0.05) is 24.3 Å². The van der Waals surface area contributed by atoms with Crippen LogP contribution in [0.5, 0.6) is 0 Å². The SMILES string of the molecule is C[C@H](NC(=O)Cn1ccc2cc(-c3cnc4ccccc4c3)ccc21)C(=O)O. The van der Waals surface area contributed by atoms with Crippen LogP contribution in [0.25, 0.3) is 32.9 Å². The van der Waals surface area contributed by atoms with Crippen LogP contribution < -0.4 is 5.32 Å². The van der Waals surface area contributed by atoms with E-state index in [-0.39, 0.29) is 12.5 Å². The molecule has 4 aromatic rings. The summed E-state index contributed by atoms with van der Waals surface area (Å²) in [6.45, 7) is 1.51. The van der Waals surface area contributed by atoms with Gasteiger partial charge in [0.2, 0.25) is 5.91 Å². The average molecular weight is 373 g/mol. The smallest absolute Gasteiger partial charge is 0.325 e. The van der Waals surface area contributed by atoms with E-state index in [1.165, 1.54) is 6.92 Å². The fraction of sp³-hybridized carbons (Fsp3) is 0.136. The predicted molar refractivity (Wildman–Crippen MR) is 108 cm³/mol. The number of carbonyl (C=O) groups excluding carboxylic acids is 1. The van der Waals surface area contributed by atoms with Crippen LogP contribution in [0.15, 0.2) is 67.0 Å². The topological polar surface area (TPSA) is 84.2 Å². The molecule has 0 fully saturated rings. The number of aromatic nitrogens is 2. The number of amides is 1. The maximum atomic E-state index is 12.1. The first-order valence-electron chi connectivity index (χ1n) is 8.97. The molecular weight excluding hydrogens is 354 g/mol. The van der Waals surface area contributed by atoms with Gasteiger partial charge in [-0.25, -0.2) is 0 Å². The van der Waals surface area contributed by atoms with Gasteiger partial charge in [-0.15, -0.1) is 0 Å². The van der Waals surface area contributed by atoms with E-state index in [0.29, 0.717) is 0 Å². The molecule has 2 N–H and O–H groups in total. The maximum absolute atomic E-state index is 12.1. The van der Waals surface area contributed by atoms with E-state index in [0.717, 1.165) is 32.9 Å². The van der Waals surface area contributed by atoms with E-state index >= 15 is 0 Å². The van der Waals surface area contributed by atoms with Crippen molar-refractivity contribution in [1.82, 2.24) is 14.9 Å². The molecule has 2 aromatic carbocycles. The van der Waals surface area contributed by atoms with Crippen LogP contribution in [0, 0.1) is 0 Å². The third-order valence-corrected chi connectivity index (χ3v) is 4.76. The molecule has 2 aromatic heterocycles. The summed E-state index contributed by atoms with van der Waals surface area (Å²) in [5, 5.41) is 13.5. The molecular formula is C22H19N3O3. The van der Waals surface area contributed by atoms with Crippen molar-refractivity contribution >= 4 is 33.7 Å². The molecule has 0 aliphatic heterocycles. The van der Waals surface area contributed by atoms with Crippen LogP contribution in [-0.2, 0) is 16.1 Å². The number of carboxylic acid groups (broad SMARTS) is 1. The molecule has 140 valence electrons. The van der Waals surface area contributed by atoms with Crippen molar-refractivity contribution in [3.63, 3.8) is 0 Å². The second kappa shape index (κ2) is 7.15. The molecule has 0 aliphatic carbocycles. The van der Waals surface area contributed by atoms with Gasteiger partial charge in [-0.05, 0) is 42.8 Å². The lowest BCUT2D eigenvalue weighted by molar-refractivity contribution is -0.141. The van der Waals surface area contributed by atoms with Gasteiger partial charge in [0.25, 0.3) is 0 Å². The van der Waals surface area contributed by atoms with Crippen LogP contribution >= 0.6 is 0 Å². The number of pyridine rings is 1. The van der Waals surface area contributed by atoms with E-state index < -0.39 is 12.0 Å². The second-order valence-corrected chi connectivity index (χ2v) is 6.76. The first-order valence-corrected chi connectivity index (χ1v) is 8.97. The minimum atomic E-state index is -1.06. The third-order valence-electron chi connectivity index (χ3n) is 4.76. The Kier molecular flexibility index (Phi) is 4.53. The highest BCUT2D eigenvalue weighted by atomic mass is 16.4. The number of benzene rings is 2. The largest absolute Gasteiger partial charge is 0.480 e. The van der Waals surface area contributed by atoms with Crippen molar-refractivity contribution in [2.75, 3.05) is 0 Å². The highest BCUT2D eigenvalue weighted by Gasteiger charge is 2.15. The van der Waals surface area contributed by atoms with Crippen molar-refractivity contribution in [2.45, 2.75) is 19.5 Å². The number of nitrogens with zero attached hydrogens (tertiary/aromatic N) is 2. The number of hydrogen-bond donors (Lipinski definition) is 2. The molecule has 6 heteroatoms. The lowest BCUT2D eigenvalue weighted by Crippen LogP contribution is -2.39. The molecule has 2 heterocycles. The van der Waals surface area contributed by atoms with Gasteiger partial charge in [-0.2, -0.15) is 0 Å². The summed E-state index contributed by atoms with van der Waals surface area (Å²) >= 11 is 0. The Morgan fingerprint density at radius 2 is 1.86 bits per heavy atom. The van der Waals surface area contributed by atoms with E-state index in [1.807, 2.05) is 59.4 Å². The molecule has 0 radical (unpaired) electrons. The Labute approximate surface area is 161 Å². The Hall–Kier alpha value is -3.67. The number of carboxylic acids is 1. The molecule has 28 heavy (non-hydrogen) atoms. The Morgan fingerprint density at radius 3 is 2.68 bits per heavy atom. The highest BCUT2D eigenvalue weighted by Crippen LogP contribution is 2.27. The molecule has 0 unspecified atom stereocenters. The van der Waals surface area contributed by atoms with E-state index in [1.54, 1.807) is 0 Å². The van der Waals surface area contributed by atoms with Gasteiger partial charge in [0.05, 0.1) is 5.52 Å². The minimum absolute atomic E-state index is 0.0675. The number of aliphatic carboxylic acids is 1. The van der Waals surface area contributed by atoms with Crippen molar-refractivity contribution in [2.24, 2.45) is 0 Å². The molecule has 0 bridgehead atoms. The zero-order valence-corrected chi connectivity index (χ0v) is 15.3. The number of hydrogen-bond acceptors (Lipinski definition) is 3. The van der Waals surface area contributed by atoms with Crippen LogP contribution in [0.2, 0.25) is 0 Å². The Bertz CT molecular complexity index is 1200. The number of rotatable bonds is 5. The zero-order valence-electron chi connectivity index (χ0n) is 15.3. The molecule has 1 atom stereocenters. The molecule has 4 rings (SSSR count). The molecule has 0 aliphatic rings. The number of nitrogens with one attached hydrogen (secondary N) is 1. The summed E-state index contributed by atoms with van der Waals surface area (Å²) in [4.78, 5) is 27.5. The molecule has 1 amide bonds. The van der Waals surface area contributed by atoms with Gasteiger partial charge >= 0.3 is 5.97 Å². The first-order chi connectivity index (χ1) is 13.5. The normalized spacial score (nSPS) is 12.2. The van der Waals surface area contributed by atoms with Crippen LogP contribution in [-0.4, -0.2) is 32.6 Å². The van der Waals surface area contributed by atoms with Crippen LogP contribution in [0.3, 0.4) is 0 Å². The van der Waals surface area contributed by atoms with Gasteiger partial charge in [0.15, 0.2) is 0 Å². The molecule has 6 nitrogen and oxygen atoms in total. The summed E-state index contributed by atoms with van der Waals surface area (Å²) in [5.41, 5.74) is 3.95. The summed E-state index contributed by atoms with van der Waals surface area (Å²) in [6, 6.07) is 17.2. The number of carbonyl (C=O) groups is 2. The second-order valence-electron chi connectivity index (χ2n) is 6.76. The fourth-order valence-corrected chi connectivity index (χ4v) is 3.25. The first kappa shape index (κ1) is 17.7. The fourth-order valence-electron chi connectivity index (χ4n) is 3.25. The lowest BCUT2D eigenvalue weighted by atomic mass is 10.0.